The van der Waals surface area contributed by atoms with Crippen LogP contribution in [-0.2, 0) is 0 Å². The van der Waals surface area contributed by atoms with Gasteiger partial charge in [0.25, 0.3) is 0 Å². The van der Waals surface area contributed by atoms with Crippen LogP contribution in [0.25, 0.3) is 0 Å². The van der Waals surface area contributed by atoms with Gasteiger partial charge in [-0.15, -0.1) is 0 Å². The van der Waals surface area contributed by atoms with E-state index in [2.05, 4.69) is 9.72 Å². The molecule has 0 aliphatic carbocycles. The average Bonchev–Trinajstić information content (AvgIpc) is 1.93. The fourth-order valence-electron chi connectivity index (χ4n) is 0.600. The van der Waals surface area contributed by atoms with Gasteiger partial charge in [0.05, 0.1) is 0 Å². The molecule has 0 N–H and O–H groups in total. The summed E-state index contributed by atoms with van der Waals surface area (Å²) in [6.45, 7) is 0. The number of ether oxygens (including phenoxy) is 1. The van der Waals surface area contributed by atoms with Gasteiger partial charge in [0.1, 0.15) is 5.15 Å². The highest BCUT2D eigenvalue weighted by Crippen LogP contribution is 2.31. The largest absolute Gasteiger partial charge is 0.459 e. The number of nitrogens with zero attached hydrogens (tertiary/aromatic N) is 1. The molecule has 0 atom stereocenters. The molecule has 13 heavy (non-hydrogen) atoms. The Hall–Kier alpha value is -0.130. The summed E-state index contributed by atoms with van der Waals surface area (Å²) >= 11 is 12.9. The lowest BCUT2D eigenvalue weighted by Gasteiger charge is -2.11. The number of aromatic nitrogens is 1. The highest BCUT2D eigenvalue weighted by atomic mass is 79.9. The molecule has 2 nitrogen and oxygen atoms in total. The number of halogens is 5. The number of pyridine rings is 1. The molecule has 0 unspecified atom stereocenters. The lowest BCUT2D eigenvalue weighted by molar-refractivity contribution is -0.0804. The maximum atomic E-state index is 12.3. The van der Waals surface area contributed by atoms with Gasteiger partial charge in [0, 0.05) is 15.9 Å². The Morgan fingerprint density at radius 3 is 2.46 bits per heavy atom. The van der Waals surface area contributed by atoms with Crippen LogP contribution < -0.4 is 4.74 Å². The van der Waals surface area contributed by atoms with Crippen LogP contribution in [0.15, 0.2) is 12.1 Å². The first kappa shape index (κ1) is 10.9. The van der Waals surface area contributed by atoms with Gasteiger partial charge in [0.2, 0.25) is 0 Å². The first-order valence-corrected chi connectivity index (χ1v) is 4.51. The van der Waals surface area contributed by atoms with Crippen molar-refractivity contribution in [3.05, 3.63) is 22.4 Å². The summed E-state index contributed by atoms with van der Waals surface area (Å²) in [7, 11) is 0. The number of rotatable bonds is 2. The first-order valence-electron chi connectivity index (χ1n) is 2.96. The highest BCUT2D eigenvalue weighted by Gasteiger charge is 2.27. The molecule has 1 rings (SSSR count). The van der Waals surface area contributed by atoms with Crippen LogP contribution in [0.3, 0.4) is 0 Å². The molecular weight excluding hydrogens is 291 g/mol. The van der Waals surface area contributed by atoms with Gasteiger partial charge in [-0.1, -0.05) is 23.2 Å². The van der Waals surface area contributed by atoms with E-state index >= 15 is 0 Å². The summed E-state index contributed by atoms with van der Waals surface area (Å²) < 4.78 is 28.6. The van der Waals surface area contributed by atoms with E-state index in [-0.39, 0.29) is 16.1 Å². The predicted molar refractivity (Wildman–Crippen MR) is 48.8 cm³/mol. The Morgan fingerprint density at radius 1 is 1.38 bits per heavy atom. The molecule has 0 saturated heterocycles. The third-order valence-corrected chi connectivity index (χ3v) is 1.65. The van der Waals surface area contributed by atoms with Gasteiger partial charge in [-0.05, 0) is 12.1 Å². The summed E-state index contributed by atoms with van der Waals surface area (Å²) in [5.74, 6) is -0.243. The highest BCUT2D eigenvalue weighted by molar-refractivity contribution is 9.09. The van der Waals surface area contributed by atoms with Gasteiger partial charge >= 0.3 is 5.02 Å². The normalized spacial score (nSPS) is 11.5. The van der Waals surface area contributed by atoms with Crippen LogP contribution in [0, 0.1) is 0 Å². The Balaban J connectivity index is 2.90. The van der Waals surface area contributed by atoms with E-state index in [4.69, 9.17) is 23.2 Å². The van der Waals surface area contributed by atoms with Crippen molar-refractivity contribution >= 4 is 39.1 Å². The van der Waals surface area contributed by atoms with E-state index in [1.807, 2.05) is 15.9 Å². The molecule has 0 amide bonds. The summed E-state index contributed by atoms with van der Waals surface area (Å²) in [5.41, 5.74) is 0. The number of hydrogen-bond acceptors (Lipinski definition) is 2. The Kier molecular flexibility index (Phi) is 3.32. The van der Waals surface area contributed by atoms with E-state index in [0.717, 1.165) is 0 Å². The quantitative estimate of drug-likeness (QED) is 0.612. The zero-order valence-corrected chi connectivity index (χ0v) is 9.00. The van der Waals surface area contributed by atoms with E-state index < -0.39 is 5.02 Å². The molecule has 7 heteroatoms. The van der Waals surface area contributed by atoms with Gasteiger partial charge in [-0.2, -0.15) is 8.78 Å². The van der Waals surface area contributed by atoms with Gasteiger partial charge < -0.3 is 4.74 Å². The van der Waals surface area contributed by atoms with Crippen molar-refractivity contribution in [2.24, 2.45) is 0 Å². The minimum atomic E-state index is -3.47. The SMILES string of the molecule is FC(F)(Br)Oc1ccc(Cl)nc1Cl. The van der Waals surface area contributed by atoms with Crippen molar-refractivity contribution in [1.29, 1.82) is 0 Å². The molecule has 0 aromatic carbocycles. The first-order chi connectivity index (χ1) is 5.88. The van der Waals surface area contributed by atoms with E-state index in [1.54, 1.807) is 0 Å². The summed E-state index contributed by atoms with van der Waals surface area (Å²) in [5, 5.41) is -3.58. The molecule has 0 bridgehead atoms. The molecule has 0 aliphatic heterocycles. The predicted octanol–water partition coefficient (Wildman–Crippen LogP) is 3.71. The third kappa shape index (κ3) is 3.62. The minimum Gasteiger partial charge on any atom is -0.421 e. The van der Waals surface area contributed by atoms with Crippen molar-refractivity contribution in [3.8, 4) is 5.75 Å². The fourth-order valence-corrected chi connectivity index (χ4v) is 1.16. The molecule has 0 aliphatic rings. The topological polar surface area (TPSA) is 22.1 Å². The van der Waals surface area contributed by atoms with Crippen LogP contribution in [-0.4, -0.2) is 10.0 Å². The molecule has 1 aromatic rings. The smallest absolute Gasteiger partial charge is 0.421 e. The maximum Gasteiger partial charge on any atom is 0.459 e. The van der Waals surface area contributed by atoms with Gasteiger partial charge in [0.15, 0.2) is 10.9 Å². The average molecular weight is 293 g/mol. The third-order valence-electron chi connectivity index (χ3n) is 1.01. The number of alkyl halides is 3. The fraction of sp³-hybridized carbons (Fsp3) is 0.167. The zero-order valence-electron chi connectivity index (χ0n) is 5.90. The summed E-state index contributed by atoms with van der Waals surface area (Å²) in [6, 6.07) is 2.49. The molecule has 1 aromatic heterocycles. The van der Waals surface area contributed by atoms with E-state index in [9.17, 15) is 8.78 Å². The van der Waals surface area contributed by atoms with Crippen molar-refractivity contribution < 1.29 is 13.5 Å². The van der Waals surface area contributed by atoms with E-state index in [0.29, 0.717) is 0 Å². The second-order valence-corrected chi connectivity index (χ2v) is 3.64. The lowest BCUT2D eigenvalue weighted by Crippen LogP contribution is -2.15. The van der Waals surface area contributed by atoms with Gasteiger partial charge in [-0.25, -0.2) is 4.98 Å². The zero-order chi connectivity index (χ0) is 10.1. The van der Waals surface area contributed by atoms with Crippen LogP contribution in [0.4, 0.5) is 8.78 Å². The maximum absolute atomic E-state index is 12.3. The van der Waals surface area contributed by atoms with Crippen molar-refractivity contribution in [2.75, 3.05) is 0 Å². The molecule has 0 spiro atoms. The number of hydrogen-bond donors (Lipinski definition) is 0. The minimum absolute atomic E-state index is 0.107. The Morgan fingerprint density at radius 2 is 2.00 bits per heavy atom. The second kappa shape index (κ2) is 3.94. The van der Waals surface area contributed by atoms with Crippen molar-refractivity contribution in [2.45, 2.75) is 5.02 Å². The standard InChI is InChI=1S/C6H2BrCl2F2NO/c7-6(10,11)13-3-1-2-4(8)12-5(3)9/h1-2H. The van der Waals surface area contributed by atoms with Crippen LogP contribution >= 0.6 is 39.1 Å². The molecule has 72 valence electrons. The van der Waals surface area contributed by atoms with Crippen LogP contribution in [0.5, 0.6) is 5.75 Å². The lowest BCUT2D eigenvalue weighted by atomic mass is 10.5. The Bertz CT molecular complexity index is 318. The molecule has 1 heterocycles. The summed E-state index contributed by atoms with van der Waals surface area (Å²) in [6.07, 6.45) is 0. The molecule has 0 fully saturated rings. The Labute approximate surface area is 90.9 Å². The summed E-state index contributed by atoms with van der Waals surface area (Å²) in [4.78, 5) is 3.51. The van der Waals surface area contributed by atoms with Crippen LogP contribution in [0.2, 0.25) is 10.3 Å². The monoisotopic (exact) mass is 291 g/mol. The molecule has 0 saturated carbocycles. The van der Waals surface area contributed by atoms with Crippen molar-refractivity contribution in [3.63, 3.8) is 0 Å². The van der Waals surface area contributed by atoms with Gasteiger partial charge in [-0.3, -0.25) is 0 Å². The molecular formula is C6H2BrCl2F2NO. The van der Waals surface area contributed by atoms with E-state index in [1.165, 1.54) is 12.1 Å². The molecule has 0 radical (unpaired) electrons. The van der Waals surface area contributed by atoms with Crippen LogP contribution in [0.1, 0.15) is 0 Å². The second-order valence-electron chi connectivity index (χ2n) is 1.97. The van der Waals surface area contributed by atoms with Crippen molar-refractivity contribution in [1.82, 2.24) is 4.98 Å².